The summed E-state index contributed by atoms with van der Waals surface area (Å²) < 4.78 is 16.0. The van der Waals surface area contributed by atoms with Crippen LogP contribution in [0.2, 0.25) is 19.1 Å². The minimum Gasteiger partial charge on any atom is -0.468 e. The van der Waals surface area contributed by atoms with E-state index in [1.54, 1.807) is 7.11 Å². The van der Waals surface area contributed by atoms with Gasteiger partial charge in [0.2, 0.25) is 0 Å². The fraction of sp³-hybridized carbons (Fsp3) is 0.619. The molecule has 1 aromatic rings. The highest BCUT2D eigenvalue weighted by Gasteiger charge is 2.71. The zero-order chi connectivity index (χ0) is 20.5. The van der Waals surface area contributed by atoms with Crippen LogP contribution in [-0.4, -0.2) is 47.4 Å². The Balaban J connectivity index is 2.57. The average molecular weight is 393 g/mol. The lowest BCUT2D eigenvalue weighted by atomic mass is 9.63. The van der Waals surface area contributed by atoms with Crippen molar-refractivity contribution in [2.24, 2.45) is 16.7 Å². The molecule has 1 aliphatic carbocycles. The standard InChI is InChI=1S/C21H32O5Si/c1-20(2)17(24-3)13-15(21(20,18(22)25-4)19(23)26-5)14-27(6,7)16-11-9-8-10-12-16/h8-12,15,17H,13-14H2,1-7H3/t15-,17+/m0/s1. The fourth-order valence-electron chi connectivity index (χ4n) is 5.03. The first kappa shape index (κ1) is 21.6. The highest BCUT2D eigenvalue weighted by atomic mass is 28.3. The first-order valence-corrected chi connectivity index (χ1v) is 12.6. The number of rotatable bonds is 6. The number of carbonyl (C=O) groups excluding carboxylic acids is 2. The summed E-state index contributed by atoms with van der Waals surface area (Å²) in [6, 6.07) is 11.1. The van der Waals surface area contributed by atoms with Crippen LogP contribution in [0.1, 0.15) is 20.3 Å². The Morgan fingerprint density at radius 1 is 1.04 bits per heavy atom. The average Bonchev–Trinajstić information content (AvgIpc) is 2.87. The van der Waals surface area contributed by atoms with Gasteiger partial charge in [-0.15, -0.1) is 0 Å². The summed E-state index contributed by atoms with van der Waals surface area (Å²) in [5.41, 5.74) is -2.12. The lowest BCUT2D eigenvalue weighted by molar-refractivity contribution is -0.183. The molecule has 0 aliphatic heterocycles. The van der Waals surface area contributed by atoms with Crippen LogP contribution in [0.5, 0.6) is 0 Å². The Kier molecular flexibility index (Phi) is 6.22. The molecule has 27 heavy (non-hydrogen) atoms. The topological polar surface area (TPSA) is 61.8 Å². The predicted molar refractivity (Wildman–Crippen MR) is 108 cm³/mol. The number of carbonyl (C=O) groups is 2. The second-order valence-corrected chi connectivity index (χ2v) is 13.4. The van der Waals surface area contributed by atoms with Crippen molar-refractivity contribution in [1.29, 1.82) is 0 Å². The largest absolute Gasteiger partial charge is 0.468 e. The van der Waals surface area contributed by atoms with Crippen molar-refractivity contribution in [3.05, 3.63) is 30.3 Å². The minimum atomic E-state index is -1.93. The van der Waals surface area contributed by atoms with Gasteiger partial charge in [-0.25, -0.2) is 0 Å². The van der Waals surface area contributed by atoms with E-state index in [1.165, 1.54) is 19.4 Å². The maximum absolute atomic E-state index is 13.1. The zero-order valence-corrected chi connectivity index (χ0v) is 18.5. The lowest BCUT2D eigenvalue weighted by Gasteiger charge is -2.42. The Bertz CT molecular complexity index is 667. The van der Waals surface area contributed by atoms with Crippen molar-refractivity contribution in [3.63, 3.8) is 0 Å². The molecule has 0 saturated heterocycles. The molecule has 1 fully saturated rings. The van der Waals surface area contributed by atoms with E-state index < -0.39 is 30.8 Å². The molecule has 6 heteroatoms. The van der Waals surface area contributed by atoms with E-state index in [-0.39, 0.29) is 12.0 Å². The van der Waals surface area contributed by atoms with Crippen molar-refractivity contribution in [2.75, 3.05) is 21.3 Å². The molecule has 0 spiro atoms. The number of benzene rings is 1. The van der Waals surface area contributed by atoms with Crippen LogP contribution < -0.4 is 5.19 Å². The van der Waals surface area contributed by atoms with Crippen LogP contribution in [0.25, 0.3) is 0 Å². The first-order valence-electron chi connectivity index (χ1n) is 9.34. The molecule has 1 saturated carbocycles. The summed E-state index contributed by atoms with van der Waals surface area (Å²) in [4.78, 5) is 26.2. The van der Waals surface area contributed by atoms with Crippen LogP contribution in [0.15, 0.2) is 30.3 Å². The van der Waals surface area contributed by atoms with Gasteiger partial charge in [0, 0.05) is 12.5 Å². The molecule has 2 atom stereocenters. The van der Waals surface area contributed by atoms with Gasteiger partial charge in [-0.3, -0.25) is 9.59 Å². The van der Waals surface area contributed by atoms with Crippen molar-refractivity contribution in [1.82, 2.24) is 0 Å². The number of hydrogen-bond acceptors (Lipinski definition) is 5. The van der Waals surface area contributed by atoms with Crippen molar-refractivity contribution >= 4 is 25.2 Å². The van der Waals surface area contributed by atoms with E-state index >= 15 is 0 Å². The van der Waals surface area contributed by atoms with Crippen LogP contribution >= 0.6 is 0 Å². The molecule has 0 aromatic heterocycles. The summed E-state index contributed by atoms with van der Waals surface area (Å²) in [6.07, 6.45) is 0.387. The van der Waals surface area contributed by atoms with E-state index in [0.29, 0.717) is 6.42 Å². The highest BCUT2D eigenvalue weighted by Crippen LogP contribution is 2.60. The van der Waals surface area contributed by atoms with Gasteiger partial charge in [-0.05, 0) is 18.4 Å². The molecule has 0 N–H and O–H groups in total. The molecule has 0 amide bonds. The SMILES string of the molecule is COC(=O)C1(C(=O)OC)[C@H](C[Si](C)(C)c2ccccc2)C[C@@H](OC)C1(C)C. The van der Waals surface area contributed by atoms with Crippen LogP contribution in [0.4, 0.5) is 0 Å². The number of hydrogen-bond donors (Lipinski definition) is 0. The summed E-state index contributed by atoms with van der Waals surface area (Å²) in [5.74, 6) is -1.26. The Morgan fingerprint density at radius 3 is 2.00 bits per heavy atom. The number of ether oxygens (including phenoxy) is 3. The smallest absolute Gasteiger partial charge is 0.324 e. The van der Waals surface area contributed by atoms with E-state index in [2.05, 4.69) is 25.2 Å². The van der Waals surface area contributed by atoms with E-state index in [0.717, 1.165) is 6.04 Å². The maximum atomic E-state index is 13.1. The van der Waals surface area contributed by atoms with Crippen molar-refractivity contribution < 1.29 is 23.8 Å². The normalized spacial score (nSPS) is 23.7. The van der Waals surface area contributed by atoms with Gasteiger partial charge in [-0.2, -0.15) is 0 Å². The quantitative estimate of drug-likeness (QED) is 0.423. The summed E-state index contributed by atoms with van der Waals surface area (Å²) in [7, 11) is 2.37. The molecule has 5 nitrogen and oxygen atoms in total. The van der Waals surface area contributed by atoms with Crippen molar-refractivity contribution in [3.8, 4) is 0 Å². The van der Waals surface area contributed by atoms with E-state index in [9.17, 15) is 9.59 Å². The van der Waals surface area contributed by atoms with Gasteiger partial charge in [0.1, 0.15) is 0 Å². The summed E-state index contributed by atoms with van der Waals surface area (Å²) in [6.45, 7) is 8.36. The third-order valence-corrected chi connectivity index (χ3v) is 9.95. The first-order chi connectivity index (χ1) is 12.6. The van der Waals surface area contributed by atoms with Gasteiger partial charge < -0.3 is 14.2 Å². The minimum absolute atomic E-state index is 0.209. The lowest BCUT2D eigenvalue weighted by Crippen LogP contribution is -2.56. The second kappa shape index (κ2) is 7.76. The third-order valence-electron chi connectivity index (χ3n) is 6.54. The van der Waals surface area contributed by atoms with Crippen LogP contribution in [-0.2, 0) is 23.8 Å². The molecular weight excluding hydrogens is 360 g/mol. The third kappa shape index (κ3) is 3.34. The fourth-order valence-corrected chi connectivity index (χ4v) is 8.06. The molecular formula is C21H32O5Si. The predicted octanol–water partition coefficient (Wildman–Crippen LogP) is 3.00. The van der Waals surface area contributed by atoms with E-state index in [1.807, 2.05) is 32.0 Å². The van der Waals surface area contributed by atoms with Gasteiger partial charge in [0.05, 0.1) is 28.4 Å². The number of esters is 2. The Morgan fingerprint density at radius 2 is 1.56 bits per heavy atom. The van der Waals surface area contributed by atoms with E-state index in [4.69, 9.17) is 14.2 Å². The molecule has 1 aliphatic rings. The molecule has 150 valence electrons. The number of methoxy groups -OCH3 is 3. The molecule has 0 unspecified atom stereocenters. The Labute approximate surface area is 163 Å². The summed E-state index contributed by atoms with van der Waals surface area (Å²) in [5, 5.41) is 1.30. The molecule has 0 radical (unpaired) electrons. The highest BCUT2D eigenvalue weighted by molar-refractivity contribution is 6.89. The van der Waals surface area contributed by atoms with Crippen LogP contribution in [0, 0.1) is 16.7 Å². The summed E-state index contributed by atoms with van der Waals surface area (Å²) >= 11 is 0. The monoisotopic (exact) mass is 392 g/mol. The second-order valence-electron chi connectivity index (χ2n) is 8.62. The molecule has 0 bridgehead atoms. The maximum Gasteiger partial charge on any atom is 0.324 e. The Hall–Kier alpha value is -1.66. The molecule has 0 heterocycles. The van der Waals surface area contributed by atoms with Gasteiger partial charge in [-0.1, -0.05) is 62.5 Å². The van der Waals surface area contributed by atoms with Gasteiger partial charge in [0.25, 0.3) is 0 Å². The molecule has 2 rings (SSSR count). The van der Waals surface area contributed by atoms with Gasteiger partial charge >= 0.3 is 11.9 Å². The van der Waals surface area contributed by atoms with Gasteiger partial charge in [0.15, 0.2) is 5.41 Å². The van der Waals surface area contributed by atoms with Crippen LogP contribution in [0.3, 0.4) is 0 Å². The zero-order valence-electron chi connectivity index (χ0n) is 17.5. The molecule has 1 aromatic carbocycles. The van der Waals surface area contributed by atoms with Crippen molar-refractivity contribution in [2.45, 2.75) is 45.5 Å².